The summed E-state index contributed by atoms with van der Waals surface area (Å²) in [5.41, 5.74) is 1.91. The van der Waals surface area contributed by atoms with Crippen molar-refractivity contribution in [2.24, 2.45) is 0 Å². The van der Waals surface area contributed by atoms with E-state index in [0.717, 1.165) is 24.2 Å². The van der Waals surface area contributed by atoms with E-state index in [1.807, 2.05) is 27.7 Å². The first kappa shape index (κ1) is 15.6. The lowest BCUT2D eigenvalue weighted by molar-refractivity contribution is -0.132. The monoisotopic (exact) mass is 266 g/mol. The number of amides is 1. The van der Waals surface area contributed by atoms with Gasteiger partial charge in [0.1, 0.15) is 5.82 Å². The zero-order valence-electron chi connectivity index (χ0n) is 12.2. The molecule has 1 aromatic rings. The zero-order chi connectivity index (χ0) is 14.4. The molecule has 0 bridgehead atoms. The molecule has 0 aliphatic carbocycles. The van der Waals surface area contributed by atoms with Crippen molar-refractivity contribution in [3.05, 3.63) is 35.1 Å². The SMILES string of the molecule is CCN(CC)C(=O)C(C)NCc1ccc(F)cc1C. The number of nitrogens with one attached hydrogen (secondary N) is 1. The van der Waals surface area contributed by atoms with Crippen molar-refractivity contribution in [2.75, 3.05) is 13.1 Å². The average molecular weight is 266 g/mol. The summed E-state index contributed by atoms with van der Waals surface area (Å²) >= 11 is 0. The Balaban J connectivity index is 2.58. The minimum atomic E-state index is -0.232. The van der Waals surface area contributed by atoms with Crippen LogP contribution in [0.2, 0.25) is 0 Å². The molecule has 3 nitrogen and oxygen atoms in total. The molecule has 0 heterocycles. The normalized spacial score (nSPS) is 12.3. The highest BCUT2D eigenvalue weighted by atomic mass is 19.1. The fourth-order valence-corrected chi connectivity index (χ4v) is 2.02. The number of hydrogen-bond donors (Lipinski definition) is 1. The summed E-state index contributed by atoms with van der Waals surface area (Å²) in [5.74, 6) is -0.127. The van der Waals surface area contributed by atoms with Gasteiger partial charge in [0.05, 0.1) is 6.04 Å². The number of carbonyl (C=O) groups is 1. The van der Waals surface area contributed by atoms with Gasteiger partial charge in [-0.3, -0.25) is 4.79 Å². The van der Waals surface area contributed by atoms with Crippen LogP contribution in [0.5, 0.6) is 0 Å². The van der Waals surface area contributed by atoms with Crippen molar-refractivity contribution in [2.45, 2.75) is 40.3 Å². The molecule has 106 valence electrons. The third-order valence-corrected chi connectivity index (χ3v) is 3.35. The second kappa shape index (κ2) is 7.24. The van der Waals surface area contributed by atoms with Crippen LogP contribution in [0.15, 0.2) is 18.2 Å². The number of aryl methyl sites for hydroxylation is 1. The van der Waals surface area contributed by atoms with Crippen molar-refractivity contribution in [3.8, 4) is 0 Å². The Morgan fingerprint density at radius 3 is 2.53 bits per heavy atom. The van der Waals surface area contributed by atoms with Gasteiger partial charge in [-0.05, 0) is 51.0 Å². The van der Waals surface area contributed by atoms with Gasteiger partial charge >= 0.3 is 0 Å². The first-order valence-electron chi connectivity index (χ1n) is 6.76. The van der Waals surface area contributed by atoms with E-state index in [4.69, 9.17) is 0 Å². The summed E-state index contributed by atoms with van der Waals surface area (Å²) in [4.78, 5) is 13.9. The quantitative estimate of drug-likeness (QED) is 0.858. The molecular weight excluding hydrogens is 243 g/mol. The molecule has 0 radical (unpaired) electrons. The average Bonchev–Trinajstić information content (AvgIpc) is 2.38. The highest BCUT2D eigenvalue weighted by molar-refractivity contribution is 5.81. The van der Waals surface area contributed by atoms with Gasteiger partial charge in [-0.1, -0.05) is 6.07 Å². The van der Waals surface area contributed by atoms with Crippen LogP contribution in [-0.2, 0) is 11.3 Å². The lowest BCUT2D eigenvalue weighted by Gasteiger charge is -2.23. The van der Waals surface area contributed by atoms with E-state index in [-0.39, 0.29) is 17.8 Å². The number of rotatable bonds is 6. The molecular formula is C15H23FN2O. The Labute approximate surface area is 114 Å². The molecule has 0 aromatic heterocycles. The summed E-state index contributed by atoms with van der Waals surface area (Å²) < 4.78 is 13.0. The highest BCUT2D eigenvalue weighted by Gasteiger charge is 2.17. The van der Waals surface area contributed by atoms with Gasteiger partial charge in [0.2, 0.25) is 5.91 Å². The molecule has 0 spiro atoms. The molecule has 4 heteroatoms. The summed E-state index contributed by atoms with van der Waals surface area (Å²) in [6.45, 7) is 9.68. The number of nitrogens with zero attached hydrogens (tertiary/aromatic N) is 1. The number of carbonyl (C=O) groups excluding carboxylic acids is 1. The third-order valence-electron chi connectivity index (χ3n) is 3.35. The molecule has 1 unspecified atom stereocenters. The molecule has 0 saturated heterocycles. The van der Waals surface area contributed by atoms with E-state index < -0.39 is 0 Å². The fraction of sp³-hybridized carbons (Fsp3) is 0.533. The number of halogens is 1. The first-order chi connectivity index (χ1) is 8.99. The summed E-state index contributed by atoms with van der Waals surface area (Å²) in [6.07, 6.45) is 0. The van der Waals surface area contributed by atoms with Gasteiger partial charge < -0.3 is 10.2 Å². The largest absolute Gasteiger partial charge is 0.342 e. The lowest BCUT2D eigenvalue weighted by atomic mass is 10.1. The van der Waals surface area contributed by atoms with E-state index in [0.29, 0.717) is 6.54 Å². The van der Waals surface area contributed by atoms with Crippen molar-refractivity contribution in [1.82, 2.24) is 10.2 Å². The van der Waals surface area contributed by atoms with Crippen LogP contribution in [0.3, 0.4) is 0 Å². The summed E-state index contributed by atoms with van der Waals surface area (Å²) in [5, 5.41) is 3.19. The second-order valence-electron chi connectivity index (χ2n) is 4.68. The maximum absolute atomic E-state index is 13.0. The van der Waals surface area contributed by atoms with Gasteiger partial charge in [-0.15, -0.1) is 0 Å². The molecule has 1 N–H and O–H groups in total. The Bertz CT molecular complexity index is 430. The van der Waals surface area contributed by atoms with E-state index in [1.165, 1.54) is 12.1 Å². The van der Waals surface area contributed by atoms with E-state index in [2.05, 4.69) is 5.32 Å². The van der Waals surface area contributed by atoms with Crippen LogP contribution in [0, 0.1) is 12.7 Å². The predicted molar refractivity (Wildman–Crippen MR) is 75.4 cm³/mol. The van der Waals surface area contributed by atoms with E-state index in [1.54, 1.807) is 11.0 Å². The van der Waals surface area contributed by atoms with Crippen molar-refractivity contribution in [3.63, 3.8) is 0 Å². The lowest BCUT2D eigenvalue weighted by Crippen LogP contribution is -2.44. The van der Waals surface area contributed by atoms with Gasteiger partial charge in [-0.25, -0.2) is 4.39 Å². The molecule has 0 fully saturated rings. The minimum Gasteiger partial charge on any atom is -0.342 e. The molecule has 0 saturated carbocycles. The first-order valence-corrected chi connectivity index (χ1v) is 6.76. The van der Waals surface area contributed by atoms with E-state index in [9.17, 15) is 9.18 Å². The van der Waals surface area contributed by atoms with Gasteiger partial charge in [0, 0.05) is 19.6 Å². The highest BCUT2D eigenvalue weighted by Crippen LogP contribution is 2.10. The van der Waals surface area contributed by atoms with Crippen LogP contribution in [0.1, 0.15) is 31.9 Å². The Morgan fingerprint density at radius 2 is 2.00 bits per heavy atom. The topological polar surface area (TPSA) is 32.3 Å². The maximum atomic E-state index is 13.0. The predicted octanol–water partition coefficient (Wildman–Crippen LogP) is 2.48. The van der Waals surface area contributed by atoms with Crippen molar-refractivity contribution < 1.29 is 9.18 Å². The fourth-order valence-electron chi connectivity index (χ4n) is 2.02. The third kappa shape index (κ3) is 4.31. The van der Waals surface area contributed by atoms with Gasteiger partial charge in [0.15, 0.2) is 0 Å². The van der Waals surface area contributed by atoms with Gasteiger partial charge in [-0.2, -0.15) is 0 Å². The van der Waals surface area contributed by atoms with Crippen molar-refractivity contribution >= 4 is 5.91 Å². The molecule has 1 atom stereocenters. The Hall–Kier alpha value is -1.42. The number of likely N-dealkylation sites (N-methyl/N-ethyl adjacent to an activating group) is 1. The summed E-state index contributed by atoms with van der Waals surface area (Å²) in [6, 6.07) is 4.48. The molecule has 0 aliphatic heterocycles. The van der Waals surface area contributed by atoms with Crippen LogP contribution in [-0.4, -0.2) is 29.9 Å². The molecule has 1 aromatic carbocycles. The second-order valence-corrected chi connectivity index (χ2v) is 4.68. The van der Waals surface area contributed by atoms with Crippen LogP contribution >= 0.6 is 0 Å². The van der Waals surface area contributed by atoms with Crippen LogP contribution < -0.4 is 5.32 Å². The molecule has 0 aliphatic rings. The van der Waals surface area contributed by atoms with Crippen LogP contribution in [0.4, 0.5) is 4.39 Å². The smallest absolute Gasteiger partial charge is 0.239 e. The summed E-state index contributed by atoms with van der Waals surface area (Å²) in [7, 11) is 0. The van der Waals surface area contributed by atoms with E-state index >= 15 is 0 Å². The molecule has 19 heavy (non-hydrogen) atoms. The van der Waals surface area contributed by atoms with Crippen molar-refractivity contribution in [1.29, 1.82) is 0 Å². The standard InChI is InChI=1S/C15H23FN2O/c1-5-18(6-2)15(19)12(4)17-10-13-7-8-14(16)9-11(13)3/h7-9,12,17H,5-6,10H2,1-4H3. The molecule has 1 amide bonds. The minimum absolute atomic E-state index is 0.102. The zero-order valence-corrected chi connectivity index (χ0v) is 12.2. The van der Waals surface area contributed by atoms with Gasteiger partial charge in [0.25, 0.3) is 0 Å². The number of hydrogen-bond acceptors (Lipinski definition) is 2. The Kier molecular flexibility index (Phi) is 5.96. The Morgan fingerprint density at radius 1 is 1.37 bits per heavy atom. The van der Waals surface area contributed by atoms with Crippen LogP contribution in [0.25, 0.3) is 0 Å². The molecule has 1 rings (SSSR count). The maximum Gasteiger partial charge on any atom is 0.239 e. The number of benzene rings is 1.